The first-order valence-electron chi connectivity index (χ1n) is 8.37. The Hall–Kier alpha value is -1.84. The van der Waals surface area contributed by atoms with E-state index >= 15 is 0 Å². The molecule has 0 aliphatic heterocycles. The van der Waals surface area contributed by atoms with E-state index in [4.69, 9.17) is 9.47 Å². The molecule has 4 nitrogen and oxygen atoms in total. The van der Waals surface area contributed by atoms with Gasteiger partial charge in [-0.05, 0) is 23.5 Å². The van der Waals surface area contributed by atoms with Crippen molar-refractivity contribution in [2.24, 2.45) is 16.7 Å². The van der Waals surface area contributed by atoms with Crippen LogP contribution in [0.3, 0.4) is 0 Å². The fraction of sp³-hybridized carbons (Fsp3) is 0.600. The molecule has 0 spiro atoms. The van der Waals surface area contributed by atoms with Crippen molar-refractivity contribution < 1.29 is 19.1 Å². The first kappa shape index (κ1) is 20.2. The Morgan fingerprint density at radius 2 is 1.29 bits per heavy atom. The van der Waals surface area contributed by atoms with Crippen molar-refractivity contribution in [3.05, 3.63) is 35.4 Å². The molecule has 0 atom stereocenters. The molecule has 0 heterocycles. The van der Waals surface area contributed by atoms with Gasteiger partial charge in [0, 0.05) is 5.41 Å². The van der Waals surface area contributed by atoms with Crippen molar-refractivity contribution in [3.63, 3.8) is 0 Å². The van der Waals surface area contributed by atoms with E-state index in [1.54, 1.807) is 24.3 Å². The molecule has 0 bridgehead atoms. The second kappa shape index (κ2) is 7.82. The normalized spacial score (nSPS) is 12.2. The van der Waals surface area contributed by atoms with Crippen LogP contribution in [-0.2, 0) is 9.47 Å². The van der Waals surface area contributed by atoms with Crippen molar-refractivity contribution in [3.8, 4) is 0 Å². The van der Waals surface area contributed by atoms with E-state index in [-0.39, 0.29) is 28.6 Å². The summed E-state index contributed by atoms with van der Waals surface area (Å²) < 4.78 is 10.8. The number of carbonyl (C=O) groups is 2. The Balaban J connectivity index is 2.86. The molecular formula is C20H30O4. The SMILES string of the molecule is CC(C)C(C)(C)COC(=O)c1ccccc1C(=O)OCC(C)(C)C. The third-order valence-corrected chi connectivity index (χ3v) is 4.14. The Kier molecular flexibility index (Phi) is 6.58. The molecule has 0 fully saturated rings. The van der Waals surface area contributed by atoms with E-state index in [1.807, 2.05) is 20.8 Å². The summed E-state index contributed by atoms with van der Waals surface area (Å²) in [6.07, 6.45) is 0. The average molecular weight is 334 g/mol. The summed E-state index contributed by atoms with van der Waals surface area (Å²) in [4.78, 5) is 24.7. The number of benzene rings is 1. The smallest absolute Gasteiger partial charge is 0.339 e. The molecule has 0 saturated carbocycles. The van der Waals surface area contributed by atoms with Crippen LogP contribution in [0.15, 0.2) is 24.3 Å². The van der Waals surface area contributed by atoms with Crippen LogP contribution in [0.1, 0.15) is 69.2 Å². The standard InChI is InChI=1S/C20H30O4/c1-14(2)20(6,7)13-24-18(22)16-11-9-8-10-15(16)17(21)23-12-19(3,4)5/h8-11,14H,12-13H2,1-7H3. The van der Waals surface area contributed by atoms with E-state index in [1.165, 1.54) is 0 Å². The van der Waals surface area contributed by atoms with Gasteiger partial charge in [-0.1, -0.05) is 60.6 Å². The first-order valence-corrected chi connectivity index (χ1v) is 8.37. The van der Waals surface area contributed by atoms with Gasteiger partial charge in [-0.2, -0.15) is 0 Å². The van der Waals surface area contributed by atoms with E-state index in [9.17, 15) is 9.59 Å². The predicted molar refractivity (Wildman–Crippen MR) is 95.1 cm³/mol. The van der Waals surface area contributed by atoms with Crippen LogP contribution in [0.25, 0.3) is 0 Å². The minimum Gasteiger partial charge on any atom is -0.462 e. The zero-order valence-electron chi connectivity index (χ0n) is 15.9. The fourth-order valence-corrected chi connectivity index (χ4v) is 1.69. The quantitative estimate of drug-likeness (QED) is 0.706. The molecule has 0 N–H and O–H groups in total. The number of esters is 2. The summed E-state index contributed by atoms with van der Waals surface area (Å²) in [6.45, 7) is 14.8. The Morgan fingerprint density at radius 3 is 1.67 bits per heavy atom. The lowest BCUT2D eigenvalue weighted by molar-refractivity contribution is 0.0241. The minimum absolute atomic E-state index is 0.128. The molecule has 1 aromatic rings. The highest BCUT2D eigenvalue weighted by Crippen LogP contribution is 2.27. The molecule has 0 aromatic heterocycles. The highest BCUT2D eigenvalue weighted by atomic mass is 16.5. The largest absolute Gasteiger partial charge is 0.462 e. The van der Waals surface area contributed by atoms with Crippen molar-refractivity contribution in [2.45, 2.75) is 48.5 Å². The molecular weight excluding hydrogens is 304 g/mol. The topological polar surface area (TPSA) is 52.6 Å². The third kappa shape index (κ3) is 5.99. The highest BCUT2D eigenvalue weighted by Gasteiger charge is 2.26. The lowest BCUT2D eigenvalue weighted by atomic mass is 9.82. The number of carbonyl (C=O) groups excluding carboxylic acids is 2. The summed E-state index contributed by atoms with van der Waals surface area (Å²) in [5.74, 6) is -0.620. The number of hydrogen-bond acceptors (Lipinski definition) is 4. The van der Waals surface area contributed by atoms with Crippen LogP contribution in [0.2, 0.25) is 0 Å². The van der Waals surface area contributed by atoms with Crippen LogP contribution in [0, 0.1) is 16.7 Å². The molecule has 4 heteroatoms. The molecule has 134 valence electrons. The summed E-state index contributed by atoms with van der Waals surface area (Å²) >= 11 is 0. The Morgan fingerprint density at radius 1 is 0.875 bits per heavy atom. The van der Waals surface area contributed by atoms with Gasteiger partial charge in [0.1, 0.15) is 0 Å². The van der Waals surface area contributed by atoms with Crippen molar-refractivity contribution in [2.75, 3.05) is 13.2 Å². The zero-order chi connectivity index (χ0) is 18.5. The summed E-state index contributed by atoms with van der Waals surface area (Å²) in [5, 5.41) is 0. The second-order valence-corrected chi connectivity index (χ2v) is 8.40. The number of hydrogen-bond donors (Lipinski definition) is 0. The van der Waals surface area contributed by atoms with Crippen LogP contribution >= 0.6 is 0 Å². The molecule has 0 aliphatic carbocycles. The molecule has 0 saturated heterocycles. The predicted octanol–water partition coefficient (Wildman–Crippen LogP) is 4.73. The minimum atomic E-state index is -0.499. The van der Waals surface area contributed by atoms with E-state index in [0.29, 0.717) is 12.5 Å². The summed E-state index contributed by atoms with van der Waals surface area (Å²) in [7, 11) is 0. The Bertz CT molecular complexity index is 580. The fourth-order valence-electron chi connectivity index (χ4n) is 1.69. The molecule has 1 aromatic carbocycles. The highest BCUT2D eigenvalue weighted by molar-refractivity contribution is 6.03. The summed E-state index contributed by atoms with van der Waals surface area (Å²) in [6, 6.07) is 6.61. The second-order valence-electron chi connectivity index (χ2n) is 8.40. The maximum Gasteiger partial charge on any atom is 0.339 e. The van der Waals surface area contributed by atoms with Gasteiger partial charge < -0.3 is 9.47 Å². The van der Waals surface area contributed by atoms with Gasteiger partial charge in [-0.3, -0.25) is 0 Å². The van der Waals surface area contributed by atoms with Crippen LogP contribution < -0.4 is 0 Å². The lowest BCUT2D eigenvalue weighted by Crippen LogP contribution is -2.28. The van der Waals surface area contributed by atoms with E-state index in [2.05, 4.69) is 27.7 Å². The number of ether oxygens (including phenoxy) is 2. The van der Waals surface area contributed by atoms with Gasteiger partial charge in [0.15, 0.2) is 0 Å². The summed E-state index contributed by atoms with van der Waals surface area (Å²) in [5.41, 5.74) is 0.231. The van der Waals surface area contributed by atoms with Crippen LogP contribution in [0.4, 0.5) is 0 Å². The van der Waals surface area contributed by atoms with Gasteiger partial charge in [-0.15, -0.1) is 0 Å². The van der Waals surface area contributed by atoms with Crippen molar-refractivity contribution in [1.82, 2.24) is 0 Å². The lowest BCUT2D eigenvalue weighted by Gasteiger charge is -2.28. The molecule has 0 unspecified atom stereocenters. The molecule has 1 rings (SSSR count). The molecule has 24 heavy (non-hydrogen) atoms. The first-order chi connectivity index (χ1) is 10.9. The van der Waals surface area contributed by atoms with Crippen LogP contribution in [-0.4, -0.2) is 25.2 Å². The van der Waals surface area contributed by atoms with Gasteiger partial charge in [0.2, 0.25) is 0 Å². The van der Waals surface area contributed by atoms with Gasteiger partial charge >= 0.3 is 11.9 Å². The maximum atomic E-state index is 12.4. The Labute approximate surface area is 145 Å². The molecule has 0 amide bonds. The van der Waals surface area contributed by atoms with E-state index < -0.39 is 11.9 Å². The monoisotopic (exact) mass is 334 g/mol. The van der Waals surface area contributed by atoms with Gasteiger partial charge in [0.05, 0.1) is 24.3 Å². The van der Waals surface area contributed by atoms with Crippen LogP contribution in [0.5, 0.6) is 0 Å². The maximum absolute atomic E-state index is 12.4. The third-order valence-electron chi connectivity index (χ3n) is 4.14. The van der Waals surface area contributed by atoms with Crippen molar-refractivity contribution in [1.29, 1.82) is 0 Å². The van der Waals surface area contributed by atoms with Gasteiger partial charge in [-0.25, -0.2) is 9.59 Å². The average Bonchev–Trinajstić information content (AvgIpc) is 2.49. The van der Waals surface area contributed by atoms with Gasteiger partial charge in [0.25, 0.3) is 0 Å². The zero-order valence-corrected chi connectivity index (χ0v) is 15.9. The molecule has 0 aliphatic rings. The molecule has 0 radical (unpaired) electrons. The van der Waals surface area contributed by atoms with E-state index in [0.717, 1.165) is 0 Å². The van der Waals surface area contributed by atoms with Crippen molar-refractivity contribution >= 4 is 11.9 Å². The number of rotatable bonds is 6.